The maximum Gasteiger partial charge on any atom is 0.119 e. The molecule has 0 aliphatic rings. The summed E-state index contributed by atoms with van der Waals surface area (Å²) >= 11 is 6.57. The van der Waals surface area contributed by atoms with Gasteiger partial charge in [0.2, 0.25) is 0 Å². The third-order valence-corrected chi connectivity index (χ3v) is 4.30. The van der Waals surface area contributed by atoms with Crippen LogP contribution in [0.15, 0.2) is 48.5 Å². The van der Waals surface area contributed by atoms with Gasteiger partial charge in [0.25, 0.3) is 0 Å². The van der Waals surface area contributed by atoms with Crippen LogP contribution < -0.4 is 4.74 Å². The molecule has 2 aromatic rings. The molecule has 0 radical (unpaired) electrons. The van der Waals surface area contributed by atoms with Crippen LogP contribution in [0.5, 0.6) is 5.75 Å². The smallest absolute Gasteiger partial charge is 0.119 e. The van der Waals surface area contributed by atoms with E-state index in [9.17, 15) is 0 Å². The second kappa shape index (κ2) is 6.81. The summed E-state index contributed by atoms with van der Waals surface area (Å²) in [7, 11) is 1.67. The predicted molar refractivity (Wildman–Crippen MR) is 85.8 cm³/mol. The summed E-state index contributed by atoms with van der Waals surface area (Å²) in [5.74, 6) is 1.43. The summed E-state index contributed by atoms with van der Waals surface area (Å²) in [6.45, 7) is 4.45. The third kappa shape index (κ3) is 3.34. The maximum absolute atomic E-state index is 6.57. The van der Waals surface area contributed by atoms with E-state index in [0.29, 0.717) is 5.92 Å². The van der Waals surface area contributed by atoms with Crippen molar-refractivity contribution in [3.63, 3.8) is 0 Å². The number of hydrogen-bond donors (Lipinski definition) is 0. The molecule has 20 heavy (non-hydrogen) atoms. The molecule has 0 N–H and O–H groups in total. The summed E-state index contributed by atoms with van der Waals surface area (Å²) in [6, 6.07) is 16.5. The zero-order valence-corrected chi connectivity index (χ0v) is 13.0. The second-order valence-corrected chi connectivity index (χ2v) is 5.55. The largest absolute Gasteiger partial charge is 0.497 e. The van der Waals surface area contributed by atoms with Crippen LogP contribution in [0.2, 0.25) is 0 Å². The molecular formula is C18H21ClO. The van der Waals surface area contributed by atoms with Crippen molar-refractivity contribution in [2.75, 3.05) is 7.11 Å². The van der Waals surface area contributed by atoms with Crippen LogP contribution in [0, 0.1) is 0 Å². The van der Waals surface area contributed by atoms with Crippen LogP contribution >= 0.6 is 11.6 Å². The average Bonchev–Trinajstić information content (AvgIpc) is 2.53. The molecule has 0 aliphatic carbocycles. The molecule has 0 aromatic heterocycles. The molecule has 0 aliphatic heterocycles. The average molecular weight is 289 g/mol. The molecule has 0 saturated heterocycles. The van der Waals surface area contributed by atoms with Crippen LogP contribution in [0.4, 0.5) is 0 Å². The van der Waals surface area contributed by atoms with E-state index in [0.717, 1.165) is 23.3 Å². The van der Waals surface area contributed by atoms with Gasteiger partial charge in [-0.15, -0.1) is 11.6 Å². The lowest BCUT2D eigenvalue weighted by Crippen LogP contribution is -1.96. The molecule has 0 bridgehead atoms. The molecule has 1 nitrogen and oxygen atoms in total. The summed E-state index contributed by atoms with van der Waals surface area (Å²) in [5, 5.41) is -0.143. The Kier molecular flexibility index (Phi) is 5.08. The summed E-state index contributed by atoms with van der Waals surface area (Å²) in [5.41, 5.74) is 3.54. The molecule has 2 unspecified atom stereocenters. The van der Waals surface area contributed by atoms with Crippen molar-refractivity contribution < 1.29 is 4.74 Å². The second-order valence-electron chi connectivity index (χ2n) is 5.12. The molecular weight excluding hydrogens is 268 g/mol. The van der Waals surface area contributed by atoms with E-state index in [1.54, 1.807) is 7.11 Å². The van der Waals surface area contributed by atoms with E-state index < -0.39 is 0 Å². The number of rotatable bonds is 5. The topological polar surface area (TPSA) is 9.23 Å². The zero-order valence-electron chi connectivity index (χ0n) is 12.3. The Morgan fingerprint density at radius 2 is 1.65 bits per heavy atom. The first-order chi connectivity index (χ1) is 9.65. The first kappa shape index (κ1) is 14.9. The van der Waals surface area contributed by atoms with Gasteiger partial charge in [-0.25, -0.2) is 0 Å². The van der Waals surface area contributed by atoms with Crippen LogP contribution in [0.25, 0.3) is 0 Å². The highest BCUT2D eigenvalue weighted by Crippen LogP contribution is 2.31. The van der Waals surface area contributed by atoms with E-state index in [1.807, 2.05) is 24.3 Å². The van der Waals surface area contributed by atoms with Crippen molar-refractivity contribution in [3.8, 4) is 5.75 Å². The van der Waals surface area contributed by atoms with Crippen molar-refractivity contribution >= 4 is 11.6 Å². The van der Waals surface area contributed by atoms with Gasteiger partial charge in [-0.1, -0.05) is 50.2 Å². The highest BCUT2D eigenvalue weighted by atomic mass is 35.5. The minimum Gasteiger partial charge on any atom is -0.497 e. The van der Waals surface area contributed by atoms with Crippen molar-refractivity contribution in [2.24, 2.45) is 0 Å². The van der Waals surface area contributed by atoms with E-state index in [4.69, 9.17) is 16.3 Å². The van der Waals surface area contributed by atoms with Crippen LogP contribution in [-0.2, 0) is 0 Å². The lowest BCUT2D eigenvalue weighted by molar-refractivity contribution is 0.414. The fraction of sp³-hybridized carbons (Fsp3) is 0.333. The zero-order chi connectivity index (χ0) is 14.5. The summed E-state index contributed by atoms with van der Waals surface area (Å²) in [6.07, 6.45) is 1.15. The van der Waals surface area contributed by atoms with Crippen molar-refractivity contribution in [1.82, 2.24) is 0 Å². The number of ether oxygens (including phenoxy) is 1. The molecule has 2 atom stereocenters. The van der Waals surface area contributed by atoms with Gasteiger partial charge in [0.15, 0.2) is 0 Å². The fourth-order valence-corrected chi connectivity index (χ4v) is 2.50. The molecule has 0 saturated carbocycles. The number of halogens is 1. The van der Waals surface area contributed by atoms with Gasteiger partial charge in [0.1, 0.15) is 5.75 Å². The standard InChI is InChI=1S/C18H21ClO/c1-4-13(2)14-8-10-15(11-9-14)18(19)16-6-5-7-17(12-16)20-3/h5-13,18H,4H2,1-3H3. The van der Waals surface area contributed by atoms with Crippen LogP contribution in [0.1, 0.15) is 48.3 Å². The number of alkyl halides is 1. The first-order valence-electron chi connectivity index (χ1n) is 7.03. The third-order valence-electron chi connectivity index (χ3n) is 3.80. The summed E-state index contributed by atoms with van der Waals surface area (Å²) < 4.78 is 5.25. The Morgan fingerprint density at radius 1 is 1.00 bits per heavy atom. The monoisotopic (exact) mass is 288 g/mol. The Labute approximate surface area is 126 Å². The predicted octanol–water partition coefficient (Wildman–Crippen LogP) is 5.54. The van der Waals surface area contributed by atoms with Gasteiger partial charge in [0.05, 0.1) is 12.5 Å². The van der Waals surface area contributed by atoms with Crippen LogP contribution in [0.3, 0.4) is 0 Å². The lowest BCUT2D eigenvalue weighted by Gasteiger charge is -2.14. The van der Waals surface area contributed by atoms with Gasteiger partial charge >= 0.3 is 0 Å². The highest BCUT2D eigenvalue weighted by Gasteiger charge is 2.12. The highest BCUT2D eigenvalue weighted by molar-refractivity contribution is 6.22. The Morgan fingerprint density at radius 3 is 2.25 bits per heavy atom. The first-order valence-corrected chi connectivity index (χ1v) is 7.47. The van der Waals surface area contributed by atoms with Crippen molar-refractivity contribution in [2.45, 2.75) is 31.6 Å². The Hall–Kier alpha value is -1.47. The minimum absolute atomic E-state index is 0.143. The van der Waals surface area contributed by atoms with E-state index >= 15 is 0 Å². The quantitative estimate of drug-likeness (QED) is 0.657. The lowest BCUT2D eigenvalue weighted by atomic mass is 9.96. The van der Waals surface area contributed by atoms with Gasteiger partial charge in [0, 0.05) is 0 Å². The maximum atomic E-state index is 6.57. The van der Waals surface area contributed by atoms with Crippen molar-refractivity contribution in [3.05, 3.63) is 65.2 Å². The molecule has 0 amide bonds. The normalized spacial score (nSPS) is 13.8. The fourth-order valence-electron chi connectivity index (χ4n) is 2.22. The molecule has 0 heterocycles. The number of methoxy groups -OCH3 is 1. The van der Waals surface area contributed by atoms with Gasteiger partial charge in [-0.3, -0.25) is 0 Å². The molecule has 2 aromatic carbocycles. The van der Waals surface area contributed by atoms with Crippen LogP contribution in [-0.4, -0.2) is 7.11 Å². The summed E-state index contributed by atoms with van der Waals surface area (Å²) in [4.78, 5) is 0. The van der Waals surface area contributed by atoms with Crippen molar-refractivity contribution in [1.29, 1.82) is 0 Å². The molecule has 2 rings (SSSR count). The molecule has 2 heteroatoms. The molecule has 0 fully saturated rings. The Balaban J connectivity index is 2.22. The van der Waals surface area contributed by atoms with E-state index in [-0.39, 0.29) is 5.38 Å². The van der Waals surface area contributed by atoms with Gasteiger partial charge in [-0.05, 0) is 41.2 Å². The van der Waals surface area contributed by atoms with Gasteiger partial charge < -0.3 is 4.74 Å². The number of hydrogen-bond acceptors (Lipinski definition) is 1. The number of benzene rings is 2. The van der Waals surface area contributed by atoms with Gasteiger partial charge in [-0.2, -0.15) is 0 Å². The van der Waals surface area contributed by atoms with E-state index in [2.05, 4.69) is 38.1 Å². The van der Waals surface area contributed by atoms with E-state index in [1.165, 1.54) is 5.56 Å². The molecule has 0 spiro atoms. The minimum atomic E-state index is -0.143. The molecule has 106 valence electrons. The Bertz CT molecular complexity index is 548. The SMILES string of the molecule is CCC(C)c1ccc(C(Cl)c2cccc(OC)c2)cc1.